The van der Waals surface area contributed by atoms with Gasteiger partial charge in [0.1, 0.15) is 11.6 Å². The number of aliphatic hydroxyl groups is 1. The minimum atomic E-state index is -1.15. The summed E-state index contributed by atoms with van der Waals surface area (Å²) in [5, 5.41) is 11.4. The zero-order valence-electron chi connectivity index (χ0n) is 21.0. The number of benzene rings is 3. The van der Waals surface area contributed by atoms with Gasteiger partial charge >= 0.3 is 0 Å². The fraction of sp³-hybridized carbons (Fsp3) is 0.167. The summed E-state index contributed by atoms with van der Waals surface area (Å²) < 4.78 is 30.3. The van der Waals surface area contributed by atoms with Crippen molar-refractivity contribution in [2.45, 2.75) is 31.9 Å². The number of nitrogens with two attached hydrogens (primary N) is 1. The molecule has 3 aromatic carbocycles. The highest BCUT2D eigenvalue weighted by molar-refractivity contribution is 6.19. The lowest BCUT2D eigenvalue weighted by atomic mass is 9.90. The van der Waals surface area contributed by atoms with Crippen LogP contribution in [0.25, 0.3) is 27.4 Å². The van der Waals surface area contributed by atoms with Crippen LogP contribution in [0.2, 0.25) is 0 Å². The first kappa shape index (κ1) is 24.7. The second kappa shape index (κ2) is 8.44. The highest BCUT2D eigenvalue weighted by Gasteiger charge is 2.40. The van der Waals surface area contributed by atoms with E-state index in [9.17, 15) is 23.9 Å². The van der Waals surface area contributed by atoms with Crippen molar-refractivity contribution in [3.8, 4) is 0 Å². The number of aromatic nitrogens is 1. The summed E-state index contributed by atoms with van der Waals surface area (Å²) in [6, 6.07) is 9.27. The van der Waals surface area contributed by atoms with E-state index in [-0.39, 0.29) is 34.2 Å². The van der Waals surface area contributed by atoms with Crippen LogP contribution < -0.4 is 5.73 Å². The van der Waals surface area contributed by atoms with E-state index in [1.807, 2.05) is 0 Å². The molecular formula is C30H23F2N3O4. The Balaban J connectivity index is 1.56. The van der Waals surface area contributed by atoms with Gasteiger partial charge in [-0.05, 0) is 49.2 Å². The third kappa shape index (κ3) is 3.69. The van der Waals surface area contributed by atoms with E-state index in [2.05, 4.69) is 4.98 Å². The smallest absolute Gasteiger partial charge is 0.261 e. The number of nitrogens with zero attached hydrogens (tertiary/aromatic N) is 1. The first-order chi connectivity index (χ1) is 18.5. The van der Waals surface area contributed by atoms with Crippen molar-refractivity contribution < 1.29 is 28.3 Å². The van der Waals surface area contributed by atoms with Crippen molar-refractivity contribution in [2.75, 3.05) is 0 Å². The molecule has 4 N–H and O–H groups in total. The molecule has 6 rings (SSSR count). The number of allylic oxidation sites excluding steroid dienone is 2. The van der Waals surface area contributed by atoms with Gasteiger partial charge in [-0.25, -0.2) is 8.78 Å². The third-order valence-corrected chi connectivity index (χ3v) is 7.42. The lowest BCUT2D eigenvalue weighted by molar-refractivity contribution is -0.128. The molecule has 0 saturated carbocycles. The maximum Gasteiger partial charge on any atom is 0.261 e. The number of primary amides is 1. The Labute approximate surface area is 221 Å². The molecule has 1 aliphatic carbocycles. The van der Waals surface area contributed by atoms with Crippen molar-refractivity contribution in [1.82, 2.24) is 9.88 Å². The van der Waals surface area contributed by atoms with Gasteiger partial charge in [0, 0.05) is 33.0 Å². The van der Waals surface area contributed by atoms with Crippen molar-refractivity contribution in [1.29, 1.82) is 0 Å². The number of carbonyl (C=O) groups is 3. The Hall–Kier alpha value is -4.63. The predicted octanol–water partition coefficient (Wildman–Crippen LogP) is 4.47. The van der Waals surface area contributed by atoms with E-state index >= 15 is 4.39 Å². The summed E-state index contributed by atoms with van der Waals surface area (Å²) in [4.78, 5) is 43.0. The average Bonchev–Trinajstić information content (AvgIpc) is 3.48. The molecule has 1 aliphatic heterocycles. The van der Waals surface area contributed by atoms with Crippen molar-refractivity contribution in [2.24, 2.45) is 5.73 Å². The number of H-pyrrole nitrogens is 1. The minimum Gasteiger partial charge on any atom is -0.386 e. The summed E-state index contributed by atoms with van der Waals surface area (Å²) in [7, 11) is 0. The SMILES string of the molecule is CC(C)(O)c1ccc2c(c1)[nH]c1c(C(N)=O)cc(F)c(C3=CC=CC3N3C(=O)Cc4c(F)cccc4C3=O)c12. The van der Waals surface area contributed by atoms with Gasteiger partial charge in [-0.2, -0.15) is 0 Å². The molecule has 3 amide bonds. The van der Waals surface area contributed by atoms with Crippen LogP contribution in [0.1, 0.15) is 51.3 Å². The number of hydrogen-bond acceptors (Lipinski definition) is 4. The van der Waals surface area contributed by atoms with Gasteiger partial charge in [0.25, 0.3) is 11.8 Å². The largest absolute Gasteiger partial charge is 0.386 e. The number of nitrogens with one attached hydrogen (secondary N) is 1. The zero-order chi connectivity index (χ0) is 27.8. The number of halogens is 2. The fourth-order valence-corrected chi connectivity index (χ4v) is 5.53. The number of carbonyl (C=O) groups excluding carboxylic acids is 3. The van der Waals surface area contributed by atoms with Gasteiger partial charge in [-0.15, -0.1) is 0 Å². The molecular weight excluding hydrogens is 504 g/mol. The van der Waals surface area contributed by atoms with Gasteiger partial charge < -0.3 is 15.8 Å². The van der Waals surface area contributed by atoms with E-state index in [1.165, 1.54) is 18.2 Å². The van der Waals surface area contributed by atoms with Gasteiger partial charge in [0.05, 0.1) is 29.1 Å². The molecule has 2 heterocycles. The molecule has 0 fully saturated rings. The lowest BCUT2D eigenvalue weighted by Crippen LogP contribution is -2.48. The van der Waals surface area contributed by atoms with Crippen LogP contribution in [-0.4, -0.2) is 38.8 Å². The minimum absolute atomic E-state index is 0.0369. The summed E-state index contributed by atoms with van der Waals surface area (Å²) in [6.45, 7) is 3.26. The molecule has 1 unspecified atom stereocenters. The summed E-state index contributed by atoms with van der Waals surface area (Å²) in [5.41, 5.74) is 6.33. The van der Waals surface area contributed by atoms with Crippen LogP contribution >= 0.6 is 0 Å². The Morgan fingerprint density at radius 2 is 1.90 bits per heavy atom. The van der Waals surface area contributed by atoms with E-state index in [4.69, 9.17) is 5.73 Å². The van der Waals surface area contributed by atoms with E-state index in [0.717, 1.165) is 11.0 Å². The van der Waals surface area contributed by atoms with Crippen LogP contribution in [0, 0.1) is 11.6 Å². The Morgan fingerprint density at radius 3 is 2.62 bits per heavy atom. The van der Waals surface area contributed by atoms with Gasteiger partial charge in [-0.3, -0.25) is 19.3 Å². The topological polar surface area (TPSA) is 116 Å². The Bertz CT molecular complexity index is 1830. The quantitative estimate of drug-likeness (QED) is 0.340. The van der Waals surface area contributed by atoms with Crippen molar-refractivity contribution in [3.05, 3.63) is 100 Å². The molecule has 0 saturated heterocycles. The van der Waals surface area contributed by atoms with Crippen LogP contribution in [0.3, 0.4) is 0 Å². The summed E-state index contributed by atoms with van der Waals surface area (Å²) in [6.07, 6.45) is 4.52. The van der Waals surface area contributed by atoms with E-state index in [0.29, 0.717) is 27.4 Å². The molecule has 0 bridgehead atoms. The Kier molecular flexibility index (Phi) is 5.34. The molecule has 2 aliphatic rings. The van der Waals surface area contributed by atoms with Crippen LogP contribution in [0.5, 0.6) is 0 Å². The Morgan fingerprint density at radius 1 is 1.13 bits per heavy atom. The van der Waals surface area contributed by atoms with E-state index < -0.39 is 41.0 Å². The average molecular weight is 528 g/mol. The molecule has 39 heavy (non-hydrogen) atoms. The standard InChI is InChI=1S/C30H23F2N3O4/c1-30(2,39)14-9-10-16-22(11-14)34-27-19(28(33)37)12-21(32)25(26(16)27)17-6-4-8-23(17)35-24(36)13-18-15(29(35)38)5-3-7-20(18)31/h3-12,23,34,39H,13H2,1-2H3,(H2,33,37). The zero-order valence-corrected chi connectivity index (χ0v) is 21.0. The molecule has 0 spiro atoms. The van der Waals surface area contributed by atoms with Gasteiger partial charge in [0.2, 0.25) is 5.91 Å². The van der Waals surface area contributed by atoms with E-state index in [1.54, 1.807) is 50.3 Å². The number of hydrogen-bond donors (Lipinski definition) is 3. The molecule has 1 atom stereocenters. The molecule has 0 radical (unpaired) electrons. The van der Waals surface area contributed by atoms with Crippen LogP contribution in [-0.2, 0) is 16.8 Å². The first-order valence-electron chi connectivity index (χ1n) is 12.3. The molecule has 4 aromatic rings. The monoisotopic (exact) mass is 527 g/mol. The molecule has 196 valence electrons. The number of rotatable bonds is 4. The predicted molar refractivity (Wildman–Crippen MR) is 142 cm³/mol. The third-order valence-electron chi connectivity index (χ3n) is 7.42. The maximum atomic E-state index is 15.9. The van der Waals surface area contributed by atoms with Gasteiger partial charge in [-0.1, -0.05) is 36.4 Å². The normalized spacial score (nSPS) is 17.3. The number of aromatic amines is 1. The summed E-state index contributed by atoms with van der Waals surface area (Å²) in [5.74, 6) is -3.52. The first-order valence-corrected chi connectivity index (χ1v) is 12.3. The number of fused-ring (bicyclic) bond motifs is 4. The van der Waals surface area contributed by atoms with Crippen LogP contribution in [0.15, 0.2) is 60.7 Å². The highest BCUT2D eigenvalue weighted by Crippen LogP contribution is 2.41. The lowest BCUT2D eigenvalue weighted by Gasteiger charge is -2.33. The second-order valence-electron chi connectivity index (χ2n) is 10.3. The van der Waals surface area contributed by atoms with Gasteiger partial charge in [0.15, 0.2) is 0 Å². The number of imide groups is 1. The summed E-state index contributed by atoms with van der Waals surface area (Å²) >= 11 is 0. The molecule has 1 aromatic heterocycles. The maximum absolute atomic E-state index is 15.9. The molecule has 7 nitrogen and oxygen atoms in total. The second-order valence-corrected chi connectivity index (χ2v) is 10.3. The van der Waals surface area contributed by atoms with Crippen molar-refractivity contribution >= 4 is 45.1 Å². The highest BCUT2D eigenvalue weighted by atomic mass is 19.1. The molecule has 9 heteroatoms. The van der Waals surface area contributed by atoms with Crippen molar-refractivity contribution in [3.63, 3.8) is 0 Å². The fourth-order valence-electron chi connectivity index (χ4n) is 5.53. The number of amides is 3. The van der Waals surface area contributed by atoms with Crippen LogP contribution in [0.4, 0.5) is 8.78 Å².